The van der Waals surface area contributed by atoms with Crippen LogP contribution in [0.25, 0.3) is 0 Å². The lowest BCUT2D eigenvalue weighted by Gasteiger charge is -2.20. The van der Waals surface area contributed by atoms with E-state index in [0.717, 1.165) is 0 Å². The maximum Gasteiger partial charge on any atom is 0.242 e. The highest BCUT2D eigenvalue weighted by atomic mass is 16.5. The van der Waals surface area contributed by atoms with Crippen molar-refractivity contribution in [3.8, 4) is 5.75 Å². The number of nitrogens with one attached hydrogen (secondary N) is 2. The molecule has 0 aliphatic rings. The number of anilines is 2. The first-order valence-corrected chi connectivity index (χ1v) is 7.20. The van der Waals surface area contributed by atoms with E-state index in [1.54, 1.807) is 42.4 Å². The molecule has 0 aromatic heterocycles. The molecule has 2 N–H and O–H groups in total. The fourth-order valence-corrected chi connectivity index (χ4v) is 2.00. The largest absolute Gasteiger partial charge is 0.495 e. The molecular formula is C17H23N3O3. The van der Waals surface area contributed by atoms with Crippen molar-refractivity contribution >= 4 is 23.2 Å². The topological polar surface area (TPSA) is 70.7 Å². The molecule has 0 bridgehead atoms. The highest BCUT2D eigenvalue weighted by Crippen LogP contribution is 2.27. The highest BCUT2D eigenvalue weighted by Gasteiger charge is 2.12. The molecule has 0 spiro atoms. The Bertz CT molecular complexity index is 574. The molecule has 0 aliphatic carbocycles. The fourth-order valence-electron chi connectivity index (χ4n) is 2.00. The van der Waals surface area contributed by atoms with Gasteiger partial charge in [0.25, 0.3) is 0 Å². The molecule has 0 saturated carbocycles. The molecular weight excluding hydrogens is 294 g/mol. The molecule has 6 nitrogen and oxygen atoms in total. The molecule has 0 aliphatic heterocycles. The summed E-state index contributed by atoms with van der Waals surface area (Å²) in [5, 5.41) is 5.73. The molecule has 0 fully saturated rings. The molecule has 1 aromatic carbocycles. The second kappa shape index (κ2) is 9.30. The minimum absolute atomic E-state index is 0.0863. The molecule has 1 aromatic rings. The van der Waals surface area contributed by atoms with Crippen LogP contribution in [0.1, 0.15) is 6.92 Å². The van der Waals surface area contributed by atoms with E-state index in [1.807, 2.05) is 0 Å². The minimum atomic E-state index is -0.166. The van der Waals surface area contributed by atoms with Gasteiger partial charge >= 0.3 is 0 Å². The van der Waals surface area contributed by atoms with Gasteiger partial charge in [-0.25, -0.2) is 0 Å². The number of rotatable bonds is 9. The normalized spacial score (nSPS) is 9.65. The van der Waals surface area contributed by atoms with E-state index in [-0.39, 0.29) is 18.4 Å². The van der Waals surface area contributed by atoms with E-state index in [0.29, 0.717) is 30.2 Å². The molecule has 0 saturated heterocycles. The summed E-state index contributed by atoms with van der Waals surface area (Å²) >= 11 is 0. The summed E-state index contributed by atoms with van der Waals surface area (Å²) in [5.74, 6) is 0.336. The van der Waals surface area contributed by atoms with Gasteiger partial charge in [-0.2, -0.15) is 0 Å². The predicted molar refractivity (Wildman–Crippen MR) is 92.8 cm³/mol. The van der Waals surface area contributed by atoms with Crippen molar-refractivity contribution in [2.24, 2.45) is 0 Å². The molecule has 6 heteroatoms. The van der Waals surface area contributed by atoms with Crippen LogP contribution >= 0.6 is 0 Å². The maximum absolute atomic E-state index is 12.2. The van der Waals surface area contributed by atoms with E-state index in [1.165, 1.54) is 6.92 Å². The Balaban J connectivity index is 2.81. The van der Waals surface area contributed by atoms with E-state index in [4.69, 9.17) is 4.74 Å². The van der Waals surface area contributed by atoms with Crippen molar-refractivity contribution < 1.29 is 14.3 Å². The first-order valence-electron chi connectivity index (χ1n) is 7.20. The predicted octanol–water partition coefficient (Wildman–Crippen LogP) is 2.27. The van der Waals surface area contributed by atoms with Crippen molar-refractivity contribution in [2.75, 3.05) is 37.4 Å². The van der Waals surface area contributed by atoms with E-state index in [2.05, 4.69) is 23.8 Å². The summed E-state index contributed by atoms with van der Waals surface area (Å²) in [6, 6.07) is 5.18. The lowest BCUT2D eigenvalue weighted by molar-refractivity contribution is -0.128. The summed E-state index contributed by atoms with van der Waals surface area (Å²) in [5.41, 5.74) is 1.26. The summed E-state index contributed by atoms with van der Waals surface area (Å²) < 4.78 is 5.26. The Hall–Kier alpha value is -2.76. The summed E-state index contributed by atoms with van der Waals surface area (Å²) in [6.07, 6.45) is 3.33. The third kappa shape index (κ3) is 5.86. The van der Waals surface area contributed by atoms with Crippen molar-refractivity contribution in [1.82, 2.24) is 4.90 Å². The zero-order valence-electron chi connectivity index (χ0n) is 13.6. The van der Waals surface area contributed by atoms with E-state index >= 15 is 0 Å². The number of hydrogen-bond donors (Lipinski definition) is 2. The third-order valence-corrected chi connectivity index (χ3v) is 3.00. The number of amides is 2. The molecule has 23 heavy (non-hydrogen) atoms. The number of carbonyl (C=O) groups excluding carboxylic acids is 2. The van der Waals surface area contributed by atoms with Crippen LogP contribution in [-0.2, 0) is 9.59 Å². The second-order valence-corrected chi connectivity index (χ2v) is 4.83. The Kier molecular flexibility index (Phi) is 7.39. The van der Waals surface area contributed by atoms with Crippen molar-refractivity contribution in [3.05, 3.63) is 43.5 Å². The lowest BCUT2D eigenvalue weighted by atomic mass is 10.2. The molecule has 0 heterocycles. The molecule has 2 amide bonds. The van der Waals surface area contributed by atoms with Crippen LogP contribution in [0.5, 0.6) is 5.75 Å². The van der Waals surface area contributed by atoms with Gasteiger partial charge in [0.15, 0.2) is 0 Å². The molecule has 0 radical (unpaired) electrons. The number of ether oxygens (including phenoxy) is 1. The maximum atomic E-state index is 12.2. The van der Waals surface area contributed by atoms with Crippen LogP contribution in [0.15, 0.2) is 43.5 Å². The Morgan fingerprint density at radius 2 is 1.91 bits per heavy atom. The van der Waals surface area contributed by atoms with Crippen molar-refractivity contribution in [1.29, 1.82) is 0 Å². The van der Waals surface area contributed by atoms with Gasteiger partial charge in [0.2, 0.25) is 11.8 Å². The monoisotopic (exact) mass is 317 g/mol. The second-order valence-electron chi connectivity index (χ2n) is 4.83. The summed E-state index contributed by atoms with van der Waals surface area (Å²) in [7, 11) is 1.54. The van der Waals surface area contributed by atoms with Gasteiger partial charge in [-0.3, -0.25) is 9.59 Å². The number of carbonyl (C=O) groups is 2. The smallest absolute Gasteiger partial charge is 0.242 e. The molecule has 0 atom stereocenters. The van der Waals surface area contributed by atoms with Gasteiger partial charge in [0.05, 0.1) is 19.3 Å². The molecule has 124 valence electrons. The van der Waals surface area contributed by atoms with Crippen LogP contribution in [0, 0.1) is 0 Å². The Labute approximate surface area is 136 Å². The minimum Gasteiger partial charge on any atom is -0.495 e. The van der Waals surface area contributed by atoms with Gasteiger partial charge in [0.1, 0.15) is 5.75 Å². The van der Waals surface area contributed by atoms with Crippen LogP contribution in [0.3, 0.4) is 0 Å². The van der Waals surface area contributed by atoms with Crippen molar-refractivity contribution in [2.45, 2.75) is 6.92 Å². The zero-order valence-corrected chi connectivity index (χ0v) is 13.6. The average molecular weight is 317 g/mol. The Morgan fingerprint density at radius 1 is 1.26 bits per heavy atom. The molecule has 1 rings (SSSR count). The van der Waals surface area contributed by atoms with E-state index in [9.17, 15) is 9.59 Å². The number of hydrogen-bond acceptors (Lipinski definition) is 4. The number of benzene rings is 1. The number of methoxy groups -OCH3 is 1. The van der Waals surface area contributed by atoms with Crippen LogP contribution in [0.4, 0.5) is 11.4 Å². The Morgan fingerprint density at radius 3 is 2.43 bits per heavy atom. The standard InChI is InChI=1S/C17H23N3O3/c1-5-9-20(10-6-2)17(22)12-18-15-11-14(19-13(3)21)7-8-16(15)23-4/h5-8,11,18H,1-2,9-10,12H2,3-4H3,(H,19,21). The van der Waals surface area contributed by atoms with Crippen LogP contribution in [-0.4, -0.2) is 43.5 Å². The van der Waals surface area contributed by atoms with Gasteiger partial charge in [-0.15, -0.1) is 13.2 Å². The number of nitrogens with zero attached hydrogens (tertiary/aromatic N) is 1. The van der Waals surface area contributed by atoms with Crippen molar-refractivity contribution in [3.63, 3.8) is 0 Å². The third-order valence-electron chi connectivity index (χ3n) is 3.00. The lowest BCUT2D eigenvalue weighted by Crippen LogP contribution is -2.35. The quantitative estimate of drug-likeness (QED) is 0.685. The molecule has 0 unspecified atom stereocenters. The summed E-state index contributed by atoms with van der Waals surface area (Å²) in [6.45, 7) is 9.72. The zero-order chi connectivity index (χ0) is 17.2. The van der Waals surface area contributed by atoms with E-state index < -0.39 is 0 Å². The first kappa shape index (κ1) is 18.3. The fraction of sp³-hybridized carbons (Fsp3) is 0.294. The van der Waals surface area contributed by atoms with Gasteiger partial charge in [0, 0.05) is 25.7 Å². The van der Waals surface area contributed by atoms with Crippen LogP contribution in [0.2, 0.25) is 0 Å². The highest BCUT2D eigenvalue weighted by molar-refractivity contribution is 5.90. The van der Waals surface area contributed by atoms with Crippen LogP contribution < -0.4 is 15.4 Å². The first-order chi connectivity index (χ1) is 11.0. The average Bonchev–Trinajstić information content (AvgIpc) is 2.52. The van der Waals surface area contributed by atoms with Gasteiger partial charge in [-0.1, -0.05) is 12.2 Å². The van der Waals surface area contributed by atoms with Gasteiger partial charge < -0.3 is 20.3 Å². The SMILES string of the molecule is C=CCN(CC=C)C(=O)CNc1cc(NC(C)=O)ccc1OC. The summed E-state index contributed by atoms with van der Waals surface area (Å²) in [4.78, 5) is 25.0. The van der Waals surface area contributed by atoms with Gasteiger partial charge in [-0.05, 0) is 18.2 Å².